The Kier molecular flexibility index (Phi) is 9.17. The van der Waals surface area contributed by atoms with Gasteiger partial charge in [0.15, 0.2) is 17.1 Å². The highest BCUT2D eigenvalue weighted by atomic mass is 19.1. The second kappa shape index (κ2) is 13.0. The van der Waals surface area contributed by atoms with Crippen LogP contribution in [0.25, 0.3) is 0 Å². The Balaban J connectivity index is 1.50. The number of fused-ring (bicyclic) bond motifs is 4. The summed E-state index contributed by atoms with van der Waals surface area (Å²) in [5.41, 5.74) is -2.54. The maximum absolute atomic E-state index is 16.6. The van der Waals surface area contributed by atoms with E-state index in [9.17, 15) is 25.1 Å². The summed E-state index contributed by atoms with van der Waals surface area (Å²) >= 11 is 0. The molecule has 0 amide bonds. The fraction of sp³-hybridized carbons (Fsp3) is 0.600. The molecule has 12 heteroatoms. The molecule has 2 aromatic rings. The van der Waals surface area contributed by atoms with Gasteiger partial charge in [-0.25, -0.2) is 4.39 Å². The third-order valence-electron chi connectivity index (χ3n) is 10.2. The van der Waals surface area contributed by atoms with Crippen molar-refractivity contribution in [1.82, 2.24) is 15.0 Å². The van der Waals surface area contributed by atoms with E-state index in [0.29, 0.717) is 12.8 Å². The van der Waals surface area contributed by atoms with Crippen LogP contribution in [-0.2, 0) is 13.0 Å². The van der Waals surface area contributed by atoms with Gasteiger partial charge in [0.25, 0.3) is 5.88 Å². The molecule has 6 rings (SSSR count). The third kappa shape index (κ3) is 5.23. The maximum Gasteiger partial charge on any atom is 0.265 e. The van der Waals surface area contributed by atoms with Crippen LogP contribution < -0.4 is 9.47 Å². The number of carbonyl (C=O) groups is 2. The molecular formula is C35H43FN4O7. The highest BCUT2D eigenvalue weighted by molar-refractivity contribution is 6.16. The molecule has 2 heterocycles. The van der Waals surface area contributed by atoms with E-state index in [-0.39, 0.29) is 83.4 Å². The van der Waals surface area contributed by atoms with Crippen molar-refractivity contribution in [2.75, 3.05) is 40.4 Å². The van der Waals surface area contributed by atoms with Crippen LogP contribution in [0.5, 0.6) is 11.6 Å². The molecule has 1 saturated heterocycles. The summed E-state index contributed by atoms with van der Waals surface area (Å²) in [6.07, 6.45) is 5.06. The number of aliphatic hydroxyl groups excluding tert-OH is 1. The van der Waals surface area contributed by atoms with Crippen LogP contribution in [0.4, 0.5) is 4.39 Å². The number of hydrogen-bond donors (Lipinski definition) is 2. The summed E-state index contributed by atoms with van der Waals surface area (Å²) in [6.45, 7) is 6.24. The lowest BCUT2D eigenvalue weighted by atomic mass is 9.58. The van der Waals surface area contributed by atoms with E-state index in [0.717, 1.165) is 38.8 Å². The number of nitrogens with zero attached hydrogens (tertiary/aromatic N) is 4. The van der Waals surface area contributed by atoms with E-state index in [1.54, 1.807) is 19.0 Å². The fourth-order valence-electron chi connectivity index (χ4n) is 7.87. The number of aliphatic hydroxyl groups is 2. The number of nitriles is 1. The number of likely N-dealkylation sites (tertiary alicyclic amines) is 1. The van der Waals surface area contributed by atoms with Crippen LogP contribution in [0.1, 0.15) is 108 Å². The van der Waals surface area contributed by atoms with Crippen molar-refractivity contribution in [3.05, 3.63) is 50.7 Å². The first-order valence-corrected chi connectivity index (χ1v) is 16.8. The Morgan fingerprint density at radius 3 is 2.45 bits per heavy atom. The predicted molar refractivity (Wildman–Crippen MR) is 168 cm³/mol. The summed E-state index contributed by atoms with van der Waals surface area (Å²) in [6, 6.07) is 1.40. The number of carbonyl (C=O) groups excluding carboxylic acids is 2. The largest absolute Gasteiger partial charge is 0.508 e. The fourth-order valence-corrected chi connectivity index (χ4v) is 7.87. The van der Waals surface area contributed by atoms with Gasteiger partial charge in [-0.15, -0.1) is 0 Å². The monoisotopic (exact) mass is 650 g/mol. The molecule has 1 aromatic heterocycles. The van der Waals surface area contributed by atoms with Crippen LogP contribution in [0.3, 0.4) is 0 Å². The first-order valence-electron chi connectivity index (χ1n) is 16.8. The number of Topliss-reactive ketones (excluding diaryl/α,β-unsaturated/α-hetero) is 2. The lowest BCUT2D eigenvalue weighted by Crippen LogP contribution is -2.59. The van der Waals surface area contributed by atoms with E-state index in [4.69, 9.17) is 14.0 Å². The van der Waals surface area contributed by atoms with Crippen LogP contribution >= 0.6 is 0 Å². The number of ketones is 2. The zero-order valence-corrected chi connectivity index (χ0v) is 27.5. The van der Waals surface area contributed by atoms with Crippen molar-refractivity contribution in [2.24, 2.45) is 11.8 Å². The molecule has 3 aliphatic carbocycles. The van der Waals surface area contributed by atoms with Crippen molar-refractivity contribution < 1.29 is 38.2 Å². The third-order valence-corrected chi connectivity index (χ3v) is 10.2. The van der Waals surface area contributed by atoms with Crippen molar-refractivity contribution in [3.63, 3.8) is 0 Å². The molecule has 0 spiro atoms. The average molecular weight is 651 g/mol. The predicted octanol–water partition coefficient (Wildman–Crippen LogP) is 5.06. The molecule has 0 radical (unpaired) electrons. The number of halogens is 1. The smallest absolute Gasteiger partial charge is 0.265 e. The van der Waals surface area contributed by atoms with Gasteiger partial charge in [-0.2, -0.15) is 5.26 Å². The molecule has 4 atom stereocenters. The zero-order valence-electron chi connectivity index (χ0n) is 27.5. The Morgan fingerprint density at radius 1 is 1.13 bits per heavy atom. The summed E-state index contributed by atoms with van der Waals surface area (Å²) in [5, 5.41) is 38.5. The number of rotatable bonds is 11. The average Bonchev–Trinajstić information content (AvgIpc) is 3.71. The number of benzene rings is 1. The Morgan fingerprint density at radius 2 is 1.81 bits per heavy atom. The van der Waals surface area contributed by atoms with Gasteiger partial charge in [0.1, 0.15) is 34.5 Å². The van der Waals surface area contributed by atoms with Gasteiger partial charge in [0.05, 0.1) is 24.8 Å². The molecule has 0 bridgehead atoms. The second-order valence-corrected chi connectivity index (χ2v) is 13.4. The van der Waals surface area contributed by atoms with Crippen LogP contribution in [0.2, 0.25) is 0 Å². The molecule has 1 aromatic carbocycles. The second-order valence-electron chi connectivity index (χ2n) is 13.4. The van der Waals surface area contributed by atoms with Gasteiger partial charge in [0.2, 0.25) is 5.78 Å². The van der Waals surface area contributed by atoms with Gasteiger partial charge in [0, 0.05) is 29.2 Å². The first-order chi connectivity index (χ1) is 22.6. The number of aromatic nitrogens is 1. The van der Waals surface area contributed by atoms with E-state index < -0.39 is 46.6 Å². The standard InChI is InChI=1S/C35H43FN4O7/c1-5-7-13-45-30-21(17-37)22(18-40-11-9-10-12-40)27(36)20-15-19-16-23-28(39(3)4)31-26(34(38-47-31)46-14-8-6-2)33(43)35(23,44)32(42)24(19)29(41)25(20)30/h19,23,28,42,44H,5-16,18H2,1-4H3/t19-,23-,28-,35-/m0/s1. The Bertz CT molecular complexity index is 1650. The minimum atomic E-state index is -2.50. The molecule has 1 fully saturated rings. The SMILES string of the molecule is CCCCOc1noc2c1C(=O)[C@@]1(O)C(O)=C3C(=O)c4c(c(F)c(CN5CCCC5)c(C#N)c4OCCCC)C[C@H]3C[C@H]1[C@@H]2N(C)C. The lowest BCUT2D eigenvalue weighted by Gasteiger charge is -2.49. The van der Waals surface area contributed by atoms with E-state index >= 15 is 4.39 Å². The molecule has 4 aliphatic rings. The zero-order chi connectivity index (χ0) is 33.6. The highest BCUT2D eigenvalue weighted by Crippen LogP contribution is 2.57. The number of unbranched alkanes of at least 4 members (excludes halogenated alkanes) is 2. The minimum absolute atomic E-state index is 0.00141. The van der Waals surface area contributed by atoms with Crippen molar-refractivity contribution in [3.8, 4) is 17.7 Å². The Labute approximate surface area is 273 Å². The quantitative estimate of drug-likeness (QED) is 0.315. The molecular weight excluding hydrogens is 607 g/mol. The van der Waals surface area contributed by atoms with Crippen LogP contribution in [0.15, 0.2) is 15.9 Å². The highest BCUT2D eigenvalue weighted by Gasteiger charge is 2.64. The van der Waals surface area contributed by atoms with Gasteiger partial charge in [-0.1, -0.05) is 26.7 Å². The summed E-state index contributed by atoms with van der Waals surface area (Å²) in [5.74, 6) is -4.52. The van der Waals surface area contributed by atoms with Gasteiger partial charge >= 0.3 is 0 Å². The molecule has 252 valence electrons. The van der Waals surface area contributed by atoms with Gasteiger partial charge in [-0.3, -0.25) is 19.4 Å². The minimum Gasteiger partial charge on any atom is -0.508 e. The van der Waals surface area contributed by atoms with Crippen LogP contribution in [0, 0.1) is 29.0 Å². The van der Waals surface area contributed by atoms with E-state index in [2.05, 4.69) is 16.1 Å². The Hall–Kier alpha value is -3.79. The van der Waals surface area contributed by atoms with E-state index in [1.807, 2.05) is 13.8 Å². The normalized spacial score (nSPS) is 25.4. The number of allylic oxidation sites excluding steroid dienone is 1. The number of ether oxygens (including phenoxy) is 2. The topological polar surface area (TPSA) is 149 Å². The summed E-state index contributed by atoms with van der Waals surface area (Å²) in [4.78, 5) is 32.6. The first kappa shape index (κ1) is 33.1. The molecule has 0 saturated carbocycles. The molecule has 11 nitrogen and oxygen atoms in total. The van der Waals surface area contributed by atoms with Crippen molar-refractivity contribution >= 4 is 11.6 Å². The maximum atomic E-state index is 16.6. The number of hydrogen-bond acceptors (Lipinski definition) is 11. The van der Waals surface area contributed by atoms with Gasteiger partial charge < -0.3 is 24.2 Å². The summed E-state index contributed by atoms with van der Waals surface area (Å²) < 4.78 is 34.2. The lowest BCUT2D eigenvalue weighted by molar-refractivity contribution is -0.0559. The van der Waals surface area contributed by atoms with E-state index in [1.165, 1.54) is 0 Å². The molecule has 2 N–H and O–H groups in total. The molecule has 1 aliphatic heterocycles. The van der Waals surface area contributed by atoms with Crippen LogP contribution in [-0.4, -0.2) is 82.7 Å². The summed E-state index contributed by atoms with van der Waals surface area (Å²) in [7, 11) is 3.52. The van der Waals surface area contributed by atoms with Crippen molar-refractivity contribution in [2.45, 2.75) is 83.4 Å². The van der Waals surface area contributed by atoms with Crippen molar-refractivity contribution in [1.29, 1.82) is 5.26 Å². The van der Waals surface area contributed by atoms with Gasteiger partial charge in [-0.05, 0) is 76.8 Å². The molecule has 0 unspecified atom stereocenters. The molecule has 47 heavy (non-hydrogen) atoms.